The highest BCUT2D eigenvalue weighted by Gasteiger charge is 2.31. The molecule has 3 aromatic rings. The molecule has 1 N–H and O–H groups in total. The second kappa shape index (κ2) is 8.05. The molecule has 2 heterocycles. The molecule has 1 atom stereocenters. The summed E-state index contributed by atoms with van der Waals surface area (Å²) in [5, 5.41) is 14.0. The van der Waals surface area contributed by atoms with Gasteiger partial charge in [-0.15, -0.1) is 21.5 Å². The molecule has 0 bridgehead atoms. The number of hydrogen-bond donors (Lipinski definition) is 1. The van der Waals surface area contributed by atoms with Crippen molar-refractivity contribution in [2.45, 2.75) is 49.6 Å². The van der Waals surface area contributed by atoms with Crippen LogP contribution >= 0.6 is 23.1 Å². The van der Waals surface area contributed by atoms with E-state index >= 15 is 0 Å². The number of carbonyl (C=O) groups excluding carboxylic acids is 1. The Labute approximate surface area is 171 Å². The standard InChI is InChI=1S/C20H21FN4OS2/c1-12-5-6-14(10-17(12)21)22-19(26)13(2)28-20-24-23-18(25(20)15-7-8-15)11-16-4-3-9-27-16/h3-6,9-10,13,15H,7-8,11H2,1-2H3,(H,22,26). The van der Waals surface area contributed by atoms with Gasteiger partial charge in [0.1, 0.15) is 11.6 Å². The largest absolute Gasteiger partial charge is 0.325 e. The van der Waals surface area contributed by atoms with Crippen LogP contribution in [0.2, 0.25) is 0 Å². The number of hydrogen-bond acceptors (Lipinski definition) is 5. The molecule has 0 radical (unpaired) electrons. The van der Waals surface area contributed by atoms with Gasteiger partial charge in [-0.2, -0.15) is 0 Å². The van der Waals surface area contributed by atoms with Crippen molar-refractivity contribution in [3.63, 3.8) is 0 Å². The van der Waals surface area contributed by atoms with Gasteiger partial charge in [-0.05, 0) is 55.8 Å². The first-order valence-electron chi connectivity index (χ1n) is 9.21. The maximum absolute atomic E-state index is 13.7. The molecule has 1 fully saturated rings. The van der Waals surface area contributed by atoms with E-state index in [0.29, 0.717) is 17.3 Å². The van der Waals surface area contributed by atoms with Crippen molar-refractivity contribution < 1.29 is 9.18 Å². The summed E-state index contributed by atoms with van der Waals surface area (Å²) >= 11 is 3.10. The number of anilines is 1. The molecule has 0 saturated heterocycles. The molecule has 1 aromatic carbocycles. The number of thioether (sulfide) groups is 1. The molecule has 5 nitrogen and oxygen atoms in total. The van der Waals surface area contributed by atoms with Gasteiger partial charge in [-0.1, -0.05) is 23.9 Å². The predicted octanol–water partition coefficient (Wildman–Crippen LogP) is 4.83. The number of amides is 1. The number of aryl methyl sites for hydroxylation is 1. The number of halogens is 1. The van der Waals surface area contributed by atoms with Gasteiger partial charge in [0.15, 0.2) is 5.16 Å². The smallest absolute Gasteiger partial charge is 0.237 e. The maximum Gasteiger partial charge on any atom is 0.237 e. The summed E-state index contributed by atoms with van der Waals surface area (Å²) in [5.74, 6) is 0.434. The molecule has 1 saturated carbocycles. The van der Waals surface area contributed by atoms with Crippen molar-refractivity contribution in [2.75, 3.05) is 5.32 Å². The quantitative estimate of drug-likeness (QED) is 0.560. The third-order valence-electron chi connectivity index (χ3n) is 4.65. The van der Waals surface area contributed by atoms with Crippen LogP contribution in [0.1, 0.15) is 42.1 Å². The lowest BCUT2D eigenvalue weighted by molar-refractivity contribution is -0.115. The SMILES string of the molecule is Cc1ccc(NC(=O)C(C)Sc2nnc(Cc3cccs3)n2C2CC2)cc1F. The predicted molar refractivity (Wildman–Crippen MR) is 111 cm³/mol. The molecular formula is C20H21FN4OS2. The highest BCUT2D eigenvalue weighted by molar-refractivity contribution is 8.00. The van der Waals surface area contributed by atoms with E-state index in [1.165, 1.54) is 22.7 Å². The number of thiophene rings is 1. The first-order chi connectivity index (χ1) is 13.5. The molecule has 1 aliphatic rings. The summed E-state index contributed by atoms with van der Waals surface area (Å²) in [6.07, 6.45) is 2.99. The molecule has 4 rings (SSSR count). The van der Waals surface area contributed by atoms with Gasteiger partial charge in [0, 0.05) is 23.0 Å². The Bertz CT molecular complexity index is 982. The zero-order valence-corrected chi connectivity index (χ0v) is 17.3. The van der Waals surface area contributed by atoms with E-state index in [0.717, 1.165) is 30.2 Å². The number of carbonyl (C=O) groups is 1. The Hall–Kier alpha value is -2.19. The molecular weight excluding hydrogens is 395 g/mol. The second-order valence-electron chi connectivity index (χ2n) is 6.97. The number of benzene rings is 1. The van der Waals surface area contributed by atoms with Crippen LogP contribution in [0.25, 0.3) is 0 Å². The van der Waals surface area contributed by atoms with Crippen LogP contribution in [0, 0.1) is 12.7 Å². The van der Waals surface area contributed by atoms with E-state index in [9.17, 15) is 9.18 Å². The van der Waals surface area contributed by atoms with Crippen LogP contribution in [0.5, 0.6) is 0 Å². The van der Waals surface area contributed by atoms with Crippen molar-refractivity contribution >= 4 is 34.7 Å². The minimum Gasteiger partial charge on any atom is -0.325 e. The highest BCUT2D eigenvalue weighted by Crippen LogP contribution is 2.40. The highest BCUT2D eigenvalue weighted by atomic mass is 32.2. The van der Waals surface area contributed by atoms with Crippen LogP contribution in [0.4, 0.5) is 10.1 Å². The maximum atomic E-state index is 13.7. The minimum absolute atomic E-state index is 0.182. The number of aromatic nitrogens is 3. The van der Waals surface area contributed by atoms with Gasteiger partial charge in [-0.25, -0.2) is 4.39 Å². The van der Waals surface area contributed by atoms with E-state index in [4.69, 9.17) is 0 Å². The fourth-order valence-corrected chi connectivity index (χ4v) is 4.54. The molecule has 8 heteroatoms. The topological polar surface area (TPSA) is 59.8 Å². The molecule has 1 amide bonds. The Morgan fingerprint density at radius 2 is 2.21 bits per heavy atom. The van der Waals surface area contributed by atoms with Crippen molar-refractivity contribution in [1.29, 1.82) is 0 Å². The van der Waals surface area contributed by atoms with Gasteiger partial charge in [0.05, 0.1) is 5.25 Å². The molecule has 0 aliphatic heterocycles. The lowest BCUT2D eigenvalue weighted by atomic mass is 10.2. The van der Waals surface area contributed by atoms with E-state index in [1.807, 2.05) is 13.0 Å². The monoisotopic (exact) mass is 416 g/mol. The normalized spacial score (nSPS) is 14.8. The van der Waals surface area contributed by atoms with Crippen LogP contribution < -0.4 is 5.32 Å². The van der Waals surface area contributed by atoms with E-state index in [2.05, 4.69) is 31.5 Å². The molecule has 0 spiro atoms. The van der Waals surface area contributed by atoms with Crippen LogP contribution in [0.3, 0.4) is 0 Å². The average molecular weight is 417 g/mol. The van der Waals surface area contributed by atoms with Crippen molar-refractivity contribution in [2.24, 2.45) is 0 Å². The molecule has 1 aliphatic carbocycles. The Kier molecular flexibility index (Phi) is 5.50. The van der Waals surface area contributed by atoms with Crippen LogP contribution in [-0.2, 0) is 11.2 Å². The van der Waals surface area contributed by atoms with E-state index < -0.39 is 0 Å². The summed E-state index contributed by atoms with van der Waals surface area (Å²) < 4.78 is 15.9. The van der Waals surface area contributed by atoms with Crippen molar-refractivity contribution in [1.82, 2.24) is 14.8 Å². The minimum atomic E-state index is -0.374. The summed E-state index contributed by atoms with van der Waals surface area (Å²) in [6, 6.07) is 9.27. The molecule has 146 valence electrons. The Morgan fingerprint density at radius 1 is 1.39 bits per heavy atom. The molecule has 1 unspecified atom stereocenters. The first kappa shape index (κ1) is 19.1. The third kappa shape index (κ3) is 4.28. The fourth-order valence-electron chi connectivity index (χ4n) is 2.90. The first-order valence-corrected chi connectivity index (χ1v) is 11.0. The lowest BCUT2D eigenvalue weighted by Gasteiger charge is -2.13. The lowest BCUT2D eigenvalue weighted by Crippen LogP contribution is -2.23. The number of nitrogens with zero attached hydrogens (tertiary/aromatic N) is 3. The summed E-state index contributed by atoms with van der Waals surface area (Å²) in [6.45, 7) is 3.52. The fraction of sp³-hybridized carbons (Fsp3) is 0.350. The Balaban J connectivity index is 1.46. The molecule has 2 aromatic heterocycles. The number of nitrogens with one attached hydrogen (secondary N) is 1. The summed E-state index contributed by atoms with van der Waals surface area (Å²) in [4.78, 5) is 13.8. The van der Waals surface area contributed by atoms with Crippen LogP contribution in [-0.4, -0.2) is 25.9 Å². The summed E-state index contributed by atoms with van der Waals surface area (Å²) in [5.41, 5.74) is 1.01. The zero-order chi connectivity index (χ0) is 19.7. The van der Waals surface area contributed by atoms with Gasteiger partial charge >= 0.3 is 0 Å². The van der Waals surface area contributed by atoms with Gasteiger partial charge in [0.2, 0.25) is 5.91 Å². The summed E-state index contributed by atoms with van der Waals surface area (Å²) in [7, 11) is 0. The van der Waals surface area contributed by atoms with Crippen LogP contribution in [0.15, 0.2) is 40.9 Å². The third-order valence-corrected chi connectivity index (χ3v) is 6.58. The molecule has 28 heavy (non-hydrogen) atoms. The van der Waals surface area contributed by atoms with E-state index in [-0.39, 0.29) is 17.0 Å². The average Bonchev–Trinajstić information content (AvgIpc) is 3.22. The number of rotatable bonds is 7. The van der Waals surface area contributed by atoms with E-state index in [1.54, 1.807) is 30.4 Å². The van der Waals surface area contributed by atoms with Crippen molar-refractivity contribution in [3.05, 3.63) is 57.8 Å². The van der Waals surface area contributed by atoms with Gasteiger partial charge in [0.25, 0.3) is 0 Å². The zero-order valence-electron chi connectivity index (χ0n) is 15.7. The van der Waals surface area contributed by atoms with Gasteiger partial charge in [-0.3, -0.25) is 4.79 Å². The Morgan fingerprint density at radius 3 is 2.89 bits per heavy atom. The second-order valence-corrected chi connectivity index (χ2v) is 9.31. The van der Waals surface area contributed by atoms with Crippen molar-refractivity contribution in [3.8, 4) is 0 Å². The van der Waals surface area contributed by atoms with Gasteiger partial charge < -0.3 is 9.88 Å².